The first-order chi connectivity index (χ1) is 15.4. The smallest absolute Gasteiger partial charge is 0.171 e. The van der Waals surface area contributed by atoms with E-state index < -0.39 is 11.4 Å². The molecule has 1 spiro atoms. The van der Waals surface area contributed by atoms with Crippen molar-refractivity contribution in [3.05, 3.63) is 35.4 Å². The Labute approximate surface area is 190 Å². The summed E-state index contributed by atoms with van der Waals surface area (Å²) in [7, 11) is 0. The molecule has 1 heterocycles. The number of benzene rings is 1. The molecule has 7 atom stereocenters. The molecule has 0 amide bonds. The first kappa shape index (κ1) is 21.3. The Morgan fingerprint density at radius 3 is 2.50 bits per heavy atom. The van der Waals surface area contributed by atoms with Crippen molar-refractivity contribution in [2.45, 2.75) is 82.2 Å². The van der Waals surface area contributed by atoms with Gasteiger partial charge in [0.05, 0.1) is 25.4 Å². The predicted molar refractivity (Wildman–Crippen MR) is 119 cm³/mol. The van der Waals surface area contributed by atoms with E-state index in [-0.39, 0.29) is 23.9 Å². The van der Waals surface area contributed by atoms with E-state index in [4.69, 9.17) is 9.47 Å². The molecular formula is C27H36O5. The van der Waals surface area contributed by atoms with Crippen LogP contribution in [0, 0.1) is 29.1 Å². The van der Waals surface area contributed by atoms with Crippen molar-refractivity contribution in [3.63, 3.8) is 0 Å². The van der Waals surface area contributed by atoms with E-state index >= 15 is 0 Å². The number of rotatable bonds is 2. The second kappa shape index (κ2) is 7.36. The molecular weight excluding hydrogens is 404 g/mol. The number of ether oxygens (including phenoxy) is 2. The van der Waals surface area contributed by atoms with Crippen LogP contribution in [0.25, 0.3) is 0 Å². The number of aliphatic hydroxyl groups is 2. The van der Waals surface area contributed by atoms with Crippen LogP contribution in [0.1, 0.15) is 75.3 Å². The summed E-state index contributed by atoms with van der Waals surface area (Å²) in [5.41, 5.74) is 1.17. The normalized spacial score (nSPS) is 44.8. The van der Waals surface area contributed by atoms with Gasteiger partial charge in [-0.1, -0.05) is 31.2 Å². The summed E-state index contributed by atoms with van der Waals surface area (Å²) >= 11 is 0. The van der Waals surface area contributed by atoms with Gasteiger partial charge in [-0.2, -0.15) is 0 Å². The zero-order valence-electron chi connectivity index (χ0n) is 19.1. The fourth-order valence-corrected chi connectivity index (χ4v) is 8.71. The molecule has 1 aromatic carbocycles. The Hall–Kier alpha value is -1.27. The molecule has 4 aliphatic carbocycles. The highest BCUT2D eigenvalue weighted by atomic mass is 16.7. The van der Waals surface area contributed by atoms with E-state index in [1.807, 2.05) is 12.1 Å². The fraction of sp³-hybridized carbons (Fsp3) is 0.741. The van der Waals surface area contributed by atoms with Gasteiger partial charge in [-0.25, -0.2) is 0 Å². The van der Waals surface area contributed by atoms with E-state index in [1.165, 1.54) is 5.56 Å². The Kier molecular flexibility index (Phi) is 4.90. The number of hydrogen-bond donors (Lipinski definition) is 2. The first-order valence-electron chi connectivity index (χ1n) is 12.6. The molecule has 5 heteroatoms. The van der Waals surface area contributed by atoms with Crippen molar-refractivity contribution in [3.8, 4) is 0 Å². The van der Waals surface area contributed by atoms with E-state index in [0.717, 1.165) is 44.1 Å². The average Bonchev–Trinajstić information content (AvgIpc) is 3.36. The molecule has 5 nitrogen and oxygen atoms in total. The van der Waals surface area contributed by atoms with Gasteiger partial charge < -0.3 is 19.7 Å². The minimum absolute atomic E-state index is 0.0414. The molecule has 174 valence electrons. The molecule has 5 aliphatic rings. The number of fused-ring (bicyclic) bond motifs is 5. The zero-order chi connectivity index (χ0) is 22.1. The Balaban J connectivity index is 1.39. The molecule has 4 saturated carbocycles. The fourth-order valence-electron chi connectivity index (χ4n) is 8.71. The average molecular weight is 441 g/mol. The topological polar surface area (TPSA) is 76.0 Å². The van der Waals surface area contributed by atoms with Gasteiger partial charge in [-0.15, -0.1) is 0 Å². The van der Waals surface area contributed by atoms with Crippen molar-refractivity contribution in [1.29, 1.82) is 0 Å². The van der Waals surface area contributed by atoms with Crippen molar-refractivity contribution >= 4 is 5.78 Å². The standard InChI is InChI=1S/C27H36O5/c1-25-14-20(18-4-2-17(15-28)3-5-18)24-19(21(25)6-7-23(25)29)8-10-26(30)16-27(11-9-22(24)26)31-12-13-32-27/h2-5,19-22,24,28,30H,6-16H2,1H3/t19?,20-,21?,22?,24?,25+,26-/m1/s1. The van der Waals surface area contributed by atoms with Crippen LogP contribution in [-0.2, 0) is 20.9 Å². The van der Waals surface area contributed by atoms with Gasteiger partial charge in [0.1, 0.15) is 5.78 Å². The summed E-state index contributed by atoms with van der Waals surface area (Å²) in [6.45, 7) is 3.50. The molecule has 0 radical (unpaired) electrons. The predicted octanol–water partition coefficient (Wildman–Crippen LogP) is 3.95. The van der Waals surface area contributed by atoms with E-state index in [0.29, 0.717) is 49.6 Å². The molecule has 2 N–H and O–H groups in total. The number of aliphatic hydroxyl groups excluding tert-OH is 1. The highest BCUT2D eigenvalue weighted by Crippen LogP contribution is 2.66. The number of Topliss-reactive ketones (excluding diaryl/α,β-unsaturated/α-hetero) is 1. The third kappa shape index (κ3) is 3.01. The lowest BCUT2D eigenvalue weighted by molar-refractivity contribution is -0.257. The summed E-state index contributed by atoms with van der Waals surface area (Å²) in [6.07, 6.45) is 6.69. The highest BCUT2D eigenvalue weighted by Gasteiger charge is 2.64. The maximum absolute atomic E-state index is 13.1. The van der Waals surface area contributed by atoms with Crippen molar-refractivity contribution in [2.24, 2.45) is 29.1 Å². The summed E-state index contributed by atoms with van der Waals surface area (Å²) in [4.78, 5) is 13.1. The Morgan fingerprint density at radius 1 is 1.03 bits per heavy atom. The third-order valence-electron chi connectivity index (χ3n) is 10.1. The van der Waals surface area contributed by atoms with Crippen LogP contribution < -0.4 is 0 Å². The summed E-state index contributed by atoms with van der Waals surface area (Å²) in [5.74, 6) is 1.60. The SMILES string of the molecule is C[C@]12C[C@H](c3ccc(CO)cc3)C3C(CC[C@@]4(O)CC5(CCC34)OCCO5)C1CCC2=O. The van der Waals surface area contributed by atoms with Gasteiger partial charge in [-0.05, 0) is 72.8 Å². The van der Waals surface area contributed by atoms with Crippen LogP contribution in [0.4, 0.5) is 0 Å². The van der Waals surface area contributed by atoms with Crippen LogP contribution in [0.3, 0.4) is 0 Å². The molecule has 1 aromatic rings. The molecule has 1 saturated heterocycles. The van der Waals surface area contributed by atoms with Crippen LogP contribution in [0.15, 0.2) is 24.3 Å². The van der Waals surface area contributed by atoms with Gasteiger partial charge in [0.2, 0.25) is 0 Å². The van der Waals surface area contributed by atoms with Gasteiger partial charge in [-0.3, -0.25) is 4.79 Å². The number of hydrogen-bond acceptors (Lipinski definition) is 5. The Morgan fingerprint density at radius 2 is 1.78 bits per heavy atom. The number of carbonyl (C=O) groups is 1. The molecule has 4 unspecified atom stereocenters. The third-order valence-corrected chi connectivity index (χ3v) is 10.1. The van der Waals surface area contributed by atoms with E-state index in [9.17, 15) is 15.0 Å². The van der Waals surface area contributed by atoms with Crippen molar-refractivity contribution in [1.82, 2.24) is 0 Å². The van der Waals surface area contributed by atoms with Crippen molar-refractivity contribution in [2.75, 3.05) is 13.2 Å². The van der Waals surface area contributed by atoms with Gasteiger partial charge in [0.25, 0.3) is 0 Å². The van der Waals surface area contributed by atoms with Gasteiger partial charge in [0.15, 0.2) is 5.79 Å². The lowest BCUT2D eigenvalue weighted by atomic mass is 9.45. The lowest BCUT2D eigenvalue weighted by Crippen LogP contribution is -2.61. The zero-order valence-corrected chi connectivity index (χ0v) is 19.1. The highest BCUT2D eigenvalue weighted by molar-refractivity contribution is 5.87. The maximum atomic E-state index is 13.1. The molecule has 0 aromatic heterocycles. The van der Waals surface area contributed by atoms with E-state index in [1.54, 1.807) is 0 Å². The monoisotopic (exact) mass is 440 g/mol. The lowest BCUT2D eigenvalue weighted by Gasteiger charge is -2.61. The van der Waals surface area contributed by atoms with Crippen LogP contribution in [0.5, 0.6) is 0 Å². The number of carbonyl (C=O) groups excluding carboxylic acids is 1. The minimum Gasteiger partial charge on any atom is -0.392 e. The summed E-state index contributed by atoms with van der Waals surface area (Å²) in [5, 5.41) is 21.5. The minimum atomic E-state index is -0.761. The van der Waals surface area contributed by atoms with E-state index in [2.05, 4.69) is 19.1 Å². The van der Waals surface area contributed by atoms with Crippen LogP contribution in [-0.4, -0.2) is 40.6 Å². The molecule has 0 bridgehead atoms. The first-order valence-corrected chi connectivity index (χ1v) is 12.6. The van der Waals surface area contributed by atoms with Gasteiger partial charge >= 0.3 is 0 Å². The van der Waals surface area contributed by atoms with Crippen LogP contribution in [0.2, 0.25) is 0 Å². The largest absolute Gasteiger partial charge is 0.392 e. The summed E-state index contributed by atoms with van der Waals surface area (Å²) < 4.78 is 12.0. The maximum Gasteiger partial charge on any atom is 0.171 e. The Bertz CT molecular complexity index is 890. The second-order valence-corrected chi connectivity index (χ2v) is 11.5. The van der Waals surface area contributed by atoms with Crippen LogP contribution >= 0.6 is 0 Å². The molecule has 5 fully saturated rings. The van der Waals surface area contributed by atoms with Crippen molar-refractivity contribution < 1.29 is 24.5 Å². The summed E-state index contributed by atoms with van der Waals surface area (Å²) in [6, 6.07) is 8.33. The molecule has 1 aliphatic heterocycles. The molecule has 32 heavy (non-hydrogen) atoms. The number of ketones is 1. The second-order valence-electron chi connectivity index (χ2n) is 11.5. The van der Waals surface area contributed by atoms with Gasteiger partial charge in [0, 0.05) is 24.7 Å². The quantitative estimate of drug-likeness (QED) is 0.728. The molecule has 6 rings (SSSR count).